The maximum absolute atomic E-state index is 14.4. The summed E-state index contributed by atoms with van der Waals surface area (Å²) in [7, 11) is 2.98. The maximum atomic E-state index is 14.4. The first kappa shape index (κ1) is 64.1. The number of thiazole rings is 6. The summed E-state index contributed by atoms with van der Waals surface area (Å²) in [6, 6.07) is 11.5. The minimum absolute atomic E-state index is 0.0224. The van der Waals surface area contributed by atoms with E-state index in [0.717, 1.165) is 5.56 Å². The molecule has 1 aliphatic heterocycles. The lowest BCUT2D eigenvalue weighted by atomic mass is 9.73. The van der Waals surface area contributed by atoms with E-state index in [1.165, 1.54) is 87.1 Å². The Bertz CT molecular complexity index is 3960. The number of Topliss-reactive ketones (excluding diaryl/α,β-unsaturated/α-hetero) is 1. The van der Waals surface area contributed by atoms with Gasteiger partial charge in [-0.25, -0.2) is 34.9 Å². The smallest absolute Gasteiger partial charge is 0.307 e. The van der Waals surface area contributed by atoms with E-state index in [-0.39, 0.29) is 79.4 Å². The van der Waals surface area contributed by atoms with E-state index in [0.29, 0.717) is 87.4 Å². The van der Waals surface area contributed by atoms with Crippen LogP contribution in [0.25, 0.3) is 43.4 Å². The summed E-state index contributed by atoms with van der Waals surface area (Å²) in [5, 5.41) is 40.3. The van der Waals surface area contributed by atoms with Crippen LogP contribution in [0.3, 0.4) is 0 Å². The van der Waals surface area contributed by atoms with Crippen LogP contribution in [0.4, 0.5) is 5.82 Å². The first-order chi connectivity index (χ1) is 42.8. The number of pyridine rings is 1. The normalized spacial score (nSPS) is 18.5. The predicted octanol–water partition coefficient (Wildman–Crippen LogP) is 9.97. The molecule has 1 fully saturated rings. The molecule has 10 bridgehead atoms. The van der Waals surface area contributed by atoms with Crippen LogP contribution in [0.1, 0.15) is 151 Å². The Labute approximate surface area is 534 Å². The van der Waals surface area contributed by atoms with Crippen molar-refractivity contribution >= 4 is 121 Å². The third-order valence-corrected chi connectivity index (χ3v) is 21.2. The highest BCUT2D eigenvalue weighted by Crippen LogP contribution is 2.42. The molecule has 6 N–H and O–H groups in total. The number of ether oxygens (including phenoxy) is 1. The van der Waals surface area contributed by atoms with Gasteiger partial charge in [-0.3, -0.25) is 43.3 Å². The van der Waals surface area contributed by atoms with Crippen LogP contribution in [0, 0.1) is 24.7 Å². The molecule has 0 saturated heterocycles. The van der Waals surface area contributed by atoms with Crippen LogP contribution in [0.15, 0.2) is 64.0 Å². The number of hydrogen-bond donors (Lipinski definition) is 6. The number of aromatic nitrogens is 7. The number of aryl methyl sites for hydroxylation is 1. The zero-order valence-corrected chi connectivity index (χ0v) is 54.0. The van der Waals surface area contributed by atoms with Gasteiger partial charge in [0.2, 0.25) is 17.7 Å². The molecule has 5 amide bonds. The molecule has 10 rings (SSSR count). The standard InChI is InChI=1S/C60H62N12O11S6/c1-28(2)35-20-41(73)48-30(4)88-57(70-48)37(21-44(74)61-5)64-51(78)39-25-84-53(66-39)34-17-18-36(55-68-43(27-87-55)72(19-11-10-14-46(76)77)59(80)32-15-16-33(32)60(81)82)63-49(34)38-24-85-56(65-38)40-26-86-58(67-40)47(29(3)31-12-8-7-9-13-31)69-45(75)22-62-52(79)50-42(23-83-6)89-54(35)71-50/h7-9,12-13,17-18,24-29,32-33,35,37,47H,10-11,14-16,19-23H2,1-6H3,(H,61,74)(H,62,79)(H,64,78)(H,69,75)(H,76,77)(H,81,82)/t29-,32-,33+,35?,37-,47-/m0/s1. The highest BCUT2D eigenvalue weighted by molar-refractivity contribution is 7.15. The Morgan fingerprint density at radius 2 is 1.43 bits per heavy atom. The fourth-order valence-electron chi connectivity index (χ4n) is 10.4. The number of ketones is 1. The number of aliphatic carboxylic acids is 2. The van der Waals surface area contributed by atoms with Gasteiger partial charge in [0.1, 0.15) is 65.0 Å². The van der Waals surface area contributed by atoms with E-state index in [1.54, 1.807) is 29.8 Å². The van der Waals surface area contributed by atoms with E-state index in [4.69, 9.17) is 39.6 Å². The number of hydrogen-bond acceptors (Lipinski definition) is 22. The zero-order valence-electron chi connectivity index (χ0n) is 49.1. The van der Waals surface area contributed by atoms with E-state index in [2.05, 4.69) is 21.3 Å². The number of amides is 5. The molecule has 1 aromatic carbocycles. The number of unbranched alkanes of at least 4 members (excludes halogenated alkanes) is 1. The topological polar surface area (TPSA) is 328 Å². The Balaban J connectivity index is 1.05. The van der Waals surface area contributed by atoms with Gasteiger partial charge in [0, 0.05) is 77.3 Å². The van der Waals surface area contributed by atoms with Crippen LogP contribution in [0.2, 0.25) is 0 Å². The van der Waals surface area contributed by atoms with Crippen molar-refractivity contribution in [3.05, 3.63) is 111 Å². The summed E-state index contributed by atoms with van der Waals surface area (Å²) >= 11 is 7.44. The van der Waals surface area contributed by atoms with E-state index < -0.39 is 77.9 Å². The predicted molar refractivity (Wildman–Crippen MR) is 340 cm³/mol. The van der Waals surface area contributed by atoms with Crippen molar-refractivity contribution in [2.45, 2.75) is 103 Å². The molecular formula is C60H62N12O11S6. The third kappa shape index (κ3) is 14.6. The number of carbonyl (C=O) groups is 8. The van der Waals surface area contributed by atoms with E-state index in [1.807, 2.05) is 61.9 Å². The van der Waals surface area contributed by atoms with Crippen molar-refractivity contribution in [2.75, 3.05) is 32.1 Å². The van der Waals surface area contributed by atoms with Gasteiger partial charge >= 0.3 is 11.9 Å². The number of benzene rings is 1. The molecule has 1 saturated carbocycles. The molecule has 2 aliphatic rings. The number of nitrogens with zero attached hydrogens (tertiary/aromatic N) is 8. The molecule has 8 aromatic rings. The van der Waals surface area contributed by atoms with Gasteiger partial charge < -0.3 is 36.2 Å². The third-order valence-electron chi connectivity index (χ3n) is 15.4. The van der Waals surface area contributed by atoms with Crippen molar-refractivity contribution in [3.8, 4) is 43.4 Å². The first-order valence-corrected chi connectivity index (χ1v) is 33.7. The number of anilines is 1. The largest absolute Gasteiger partial charge is 0.481 e. The molecule has 23 nitrogen and oxygen atoms in total. The van der Waals surface area contributed by atoms with Gasteiger partial charge in [0.15, 0.2) is 5.78 Å². The average Bonchev–Trinajstić information content (AvgIpc) is 1.87. The molecule has 6 atom stereocenters. The maximum Gasteiger partial charge on any atom is 0.307 e. The number of carbonyl (C=O) groups excluding carboxylic acids is 6. The van der Waals surface area contributed by atoms with Crippen LogP contribution >= 0.6 is 68.0 Å². The fraction of sp³-hybridized carbons (Fsp3) is 0.383. The highest BCUT2D eigenvalue weighted by Gasteiger charge is 2.44. The van der Waals surface area contributed by atoms with Crippen molar-refractivity contribution in [2.24, 2.45) is 17.8 Å². The summed E-state index contributed by atoms with van der Waals surface area (Å²) in [5.74, 6) is -7.07. The monoisotopic (exact) mass is 1320 g/mol. The second-order valence-corrected chi connectivity index (χ2v) is 27.6. The second-order valence-electron chi connectivity index (χ2n) is 21.7. The molecule has 89 heavy (non-hydrogen) atoms. The number of carboxylic acid groups (broad SMARTS) is 2. The van der Waals surface area contributed by atoms with Gasteiger partial charge in [0.05, 0.1) is 59.1 Å². The molecule has 7 aromatic heterocycles. The Hall–Kier alpha value is -7.93. The van der Waals surface area contributed by atoms with Crippen LogP contribution < -0.4 is 26.2 Å². The molecule has 0 spiro atoms. The van der Waals surface area contributed by atoms with Gasteiger partial charge in [-0.05, 0) is 56.2 Å². The van der Waals surface area contributed by atoms with Crippen molar-refractivity contribution < 1.29 is 53.3 Å². The van der Waals surface area contributed by atoms with Gasteiger partial charge in [-0.2, -0.15) is 0 Å². The van der Waals surface area contributed by atoms with E-state index >= 15 is 0 Å². The summed E-state index contributed by atoms with van der Waals surface area (Å²) < 4.78 is 5.50. The second kappa shape index (κ2) is 28.3. The lowest BCUT2D eigenvalue weighted by Crippen LogP contribution is -2.46. The fourth-order valence-corrected chi connectivity index (χ4v) is 16.1. The number of carboxylic acids is 2. The number of fused-ring (bicyclic) bond motifs is 14. The Morgan fingerprint density at radius 1 is 0.719 bits per heavy atom. The lowest BCUT2D eigenvalue weighted by molar-refractivity contribution is -0.152. The molecule has 1 aliphatic carbocycles. The molecule has 0 radical (unpaired) electrons. The van der Waals surface area contributed by atoms with Crippen molar-refractivity contribution in [3.63, 3.8) is 0 Å². The van der Waals surface area contributed by atoms with Crippen LogP contribution in [0.5, 0.6) is 0 Å². The summed E-state index contributed by atoms with van der Waals surface area (Å²) in [4.78, 5) is 145. The average molecular weight is 1320 g/mol. The SMILES string of the molecule is CNC(=O)C[C@@H]1NC(=O)c2csc(n2)-c2ccc(-c3nc(N(CCCCC(=O)O)C(=O)[C@H]4CC[C@H]4C(=O)O)cs3)nc2-c2csc(n2)-c2csc(n2)[C@H]([C@@H](C)c2ccccc2)NC(=O)CNC(=O)c2nc(sc2COC)C(C(C)C)CC(=O)c2nc1sc2C. The van der Waals surface area contributed by atoms with Crippen LogP contribution in [-0.2, 0) is 35.3 Å². The molecule has 1 unspecified atom stereocenters. The zero-order chi connectivity index (χ0) is 63.2. The quantitative estimate of drug-likeness (QED) is 0.0490. The molecule has 464 valence electrons. The number of methoxy groups -OCH3 is 1. The minimum atomic E-state index is -1.06. The summed E-state index contributed by atoms with van der Waals surface area (Å²) in [6.45, 7) is 7.39. The van der Waals surface area contributed by atoms with Crippen LogP contribution in [-0.4, -0.2) is 120 Å². The van der Waals surface area contributed by atoms with Gasteiger partial charge in [0.25, 0.3) is 11.8 Å². The summed E-state index contributed by atoms with van der Waals surface area (Å²) in [6.07, 6.45) is 1.03. The number of nitrogens with one attached hydrogen (secondary N) is 4. The van der Waals surface area contributed by atoms with Gasteiger partial charge in [-0.1, -0.05) is 51.1 Å². The Morgan fingerprint density at radius 3 is 2.15 bits per heavy atom. The number of rotatable bonds is 16. The van der Waals surface area contributed by atoms with Crippen molar-refractivity contribution in [1.29, 1.82) is 0 Å². The minimum Gasteiger partial charge on any atom is -0.481 e. The lowest BCUT2D eigenvalue weighted by Gasteiger charge is -2.35. The highest BCUT2D eigenvalue weighted by atomic mass is 32.1. The molecule has 29 heteroatoms. The molecule has 8 heterocycles. The first-order valence-electron chi connectivity index (χ1n) is 28.5. The molecular weight excluding hydrogens is 1260 g/mol. The summed E-state index contributed by atoms with van der Waals surface area (Å²) in [5.41, 5.74) is 3.34. The van der Waals surface area contributed by atoms with Crippen molar-refractivity contribution in [1.82, 2.24) is 56.2 Å². The Kier molecular flexibility index (Phi) is 20.4. The van der Waals surface area contributed by atoms with Gasteiger partial charge in [-0.15, -0.1) is 68.0 Å². The van der Waals surface area contributed by atoms with E-state index in [9.17, 15) is 48.6 Å².